The molecule has 180 valence electrons. The fraction of sp³-hybridized carbons (Fsp3) is 0.160. The quantitative estimate of drug-likeness (QED) is 0.361. The van der Waals surface area contributed by atoms with Crippen molar-refractivity contribution in [1.29, 1.82) is 0 Å². The van der Waals surface area contributed by atoms with E-state index in [9.17, 15) is 17.6 Å². The first-order chi connectivity index (χ1) is 16.7. The number of nitrogens with zero attached hydrogens (tertiary/aromatic N) is 2. The first-order valence-electron chi connectivity index (χ1n) is 10.8. The Morgan fingerprint density at radius 1 is 0.971 bits per heavy atom. The summed E-state index contributed by atoms with van der Waals surface area (Å²) < 4.78 is 46.4. The third-order valence-electron chi connectivity index (χ3n) is 5.22. The number of hydrogen-bond donors (Lipinski definition) is 2. The van der Waals surface area contributed by atoms with Crippen LogP contribution >= 0.6 is 0 Å². The van der Waals surface area contributed by atoms with Crippen LogP contribution in [0.5, 0.6) is 0 Å². The van der Waals surface area contributed by atoms with E-state index in [0.29, 0.717) is 22.5 Å². The van der Waals surface area contributed by atoms with E-state index in [1.807, 2.05) is 6.92 Å². The highest BCUT2D eigenvalue weighted by Gasteiger charge is 2.15. The Morgan fingerprint density at radius 2 is 1.66 bits per heavy atom. The molecule has 0 spiro atoms. The van der Waals surface area contributed by atoms with Gasteiger partial charge in [0.25, 0.3) is 10.0 Å². The van der Waals surface area contributed by atoms with Crippen LogP contribution < -0.4 is 10.0 Å². The number of aryl methyl sites for hydroxylation is 3. The highest BCUT2D eigenvalue weighted by Crippen LogP contribution is 2.21. The number of halogens is 1. The van der Waals surface area contributed by atoms with Crippen LogP contribution in [-0.4, -0.2) is 24.5 Å². The number of carbonyl (C=O) groups excluding carboxylic acids is 1. The van der Waals surface area contributed by atoms with Crippen LogP contribution in [0.1, 0.15) is 23.4 Å². The lowest BCUT2D eigenvalue weighted by Crippen LogP contribution is -2.14. The number of benzene rings is 3. The van der Waals surface area contributed by atoms with Gasteiger partial charge in [-0.05, 0) is 61.9 Å². The van der Waals surface area contributed by atoms with Crippen LogP contribution in [0, 0.1) is 19.7 Å². The molecule has 0 unspecified atom stereocenters. The Kier molecular flexibility index (Phi) is 6.92. The maximum Gasteiger partial charge on any atom is 0.261 e. The standard InChI is InChI=1S/C25H23FN4O4S/c1-16-3-11-21(12-4-16)35(32,33)30-20-9-7-19(8-10-20)27-23(31)13-14-24-28-25(29-34-24)18-6-5-17(2)22(26)15-18/h3-12,15,30H,13-14H2,1-2H3,(H,27,31). The minimum atomic E-state index is -3.71. The topological polar surface area (TPSA) is 114 Å². The van der Waals surface area contributed by atoms with Gasteiger partial charge in [-0.3, -0.25) is 9.52 Å². The summed E-state index contributed by atoms with van der Waals surface area (Å²) in [6, 6.07) is 17.5. The molecule has 0 saturated heterocycles. The number of carbonyl (C=O) groups is 1. The molecule has 0 aliphatic rings. The Balaban J connectivity index is 1.31. The lowest BCUT2D eigenvalue weighted by molar-refractivity contribution is -0.116. The average Bonchev–Trinajstić information content (AvgIpc) is 3.30. The molecule has 0 bridgehead atoms. The number of aromatic nitrogens is 2. The van der Waals surface area contributed by atoms with Gasteiger partial charge in [0.1, 0.15) is 5.82 Å². The van der Waals surface area contributed by atoms with E-state index in [2.05, 4.69) is 20.2 Å². The van der Waals surface area contributed by atoms with Crippen molar-refractivity contribution >= 4 is 27.3 Å². The van der Waals surface area contributed by atoms with E-state index in [1.165, 1.54) is 18.2 Å². The zero-order valence-corrected chi connectivity index (χ0v) is 19.9. The minimum absolute atomic E-state index is 0.0890. The van der Waals surface area contributed by atoms with Gasteiger partial charge in [-0.25, -0.2) is 12.8 Å². The lowest BCUT2D eigenvalue weighted by Gasteiger charge is -2.10. The van der Waals surface area contributed by atoms with E-state index in [1.54, 1.807) is 55.5 Å². The van der Waals surface area contributed by atoms with E-state index in [0.717, 1.165) is 5.56 Å². The molecule has 10 heteroatoms. The molecule has 35 heavy (non-hydrogen) atoms. The highest BCUT2D eigenvalue weighted by atomic mass is 32.2. The van der Waals surface area contributed by atoms with Crippen molar-refractivity contribution < 1.29 is 22.1 Å². The molecule has 4 rings (SSSR count). The van der Waals surface area contributed by atoms with Gasteiger partial charge in [0.2, 0.25) is 17.6 Å². The van der Waals surface area contributed by atoms with Crippen LogP contribution in [0.2, 0.25) is 0 Å². The molecule has 0 aliphatic heterocycles. The van der Waals surface area contributed by atoms with Gasteiger partial charge >= 0.3 is 0 Å². The molecular weight excluding hydrogens is 471 g/mol. The van der Waals surface area contributed by atoms with Crippen molar-refractivity contribution in [3.05, 3.63) is 89.6 Å². The van der Waals surface area contributed by atoms with Gasteiger partial charge in [0, 0.05) is 29.8 Å². The third kappa shape index (κ3) is 6.10. The molecular formula is C25H23FN4O4S. The predicted molar refractivity (Wildman–Crippen MR) is 130 cm³/mol. The molecule has 0 aliphatic carbocycles. The number of amides is 1. The van der Waals surface area contributed by atoms with Crippen LogP contribution in [-0.2, 0) is 21.2 Å². The zero-order valence-electron chi connectivity index (χ0n) is 19.1. The predicted octanol–water partition coefficient (Wildman–Crippen LogP) is 4.86. The number of anilines is 2. The van der Waals surface area contributed by atoms with E-state index in [4.69, 9.17) is 4.52 Å². The molecule has 0 saturated carbocycles. The molecule has 0 fully saturated rings. The number of hydrogen-bond acceptors (Lipinski definition) is 6. The summed E-state index contributed by atoms with van der Waals surface area (Å²) >= 11 is 0. The summed E-state index contributed by atoms with van der Waals surface area (Å²) in [6.45, 7) is 3.54. The van der Waals surface area contributed by atoms with Gasteiger partial charge in [0.15, 0.2) is 0 Å². The smallest absolute Gasteiger partial charge is 0.261 e. The Morgan fingerprint density at radius 3 is 2.34 bits per heavy atom. The third-order valence-corrected chi connectivity index (χ3v) is 6.61. The number of nitrogens with one attached hydrogen (secondary N) is 2. The monoisotopic (exact) mass is 494 g/mol. The first kappa shape index (κ1) is 24.1. The molecule has 8 nitrogen and oxygen atoms in total. The maximum absolute atomic E-state index is 13.8. The molecule has 1 aromatic heterocycles. The molecule has 1 heterocycles. The molecule has 2 N–H and O–H groups in total. The summed E-state index contributed by atoms with van der Waals surface area (Å²) in [7, 11) is -3.71. The van der Waals surface area contributed by atoms with Crippen LogP contribution in [0.3, 0.4) is 0 Å². The Labute approximate surface area is 202 Å². The van der Waals surface area contributed by atoms with E-state index >= 15 is 0 Å². The lowest BCUT2D eigenvalue weighted by atomic mass is 10.1. The Hall–Kier alpha value is -4.05. The Bertz CT molecular complexity index is 1450. The second-order valence-corrected chi connectivity index (χ2v) is 9.70. The normalized spacial score (nSPS) is 11.3. The van der Waals surface area contributed by atoms with Crippen LogP contribution in [0.15, 0.2) is 76.1 Å². The van der Waals surface area contributed by atoms with Gasteiger partial charge in [-0.2, -0.15) is 4.98 Å². The minimum Gasteiger partial charge on any atom is -0.339 e. The SMILES string of the molecule is Cc1ccc(S(=O)(=O)Nc2ccc(NC(=O)CCc3nc(-c4ccc(C)c(F)c4)no3)cc2)cc1. The second kappa shape index (κ2) is 10.1. The van der Waals surface area contributed by atoms with Crippen molar-refractivity contribution in [3.8, 4) is 11.4 Å². The van der Waals surface area contributed by atoms with Crippen molar-refractivity contribution in [2.24, 2.45) is 0 Å². The summed E-state index contributed by atoms with van der Waals surface area (Å²) in [5.74, 6) is -0.124. The van der Waals surface area contributed by atoms with Crippen LogP contribution in [0.4, 0.5) is 15.8 Å². The van der Waals surface area contributed by atoms with Crippen LogP contribution in [0.25, 0.3) is 11.4 Å². The fourth-order valence-electron chi connectivity index (χ4n) is 3.20. The van der Waals surface area contributed by atoms with Gasteiger partial charge < -0.3 is 9.84 Å². The average molecular weight is 495 g/mol. The van der Waals surface area contributed by atoms with Crippen molar-refractivity contribution in [2.45, 2.75) is 31.6 Å². The van der Waals surface area contributed by atoms with Gasteiger partial charge in [0.05, 0.1) is 4.90 Å². The molecule has 0 atom stereocenters. The maximum atomic E-state index is 13.8. The molecule has 4 aromatic rings. The molecule has 0 radical (unpaired) electrons. The van der Waals surface area contributed by atoms with Gasteiger partial charge in [-0.15, -0.1) is 0 Å². The fourth-order valence-corrected chi connectivity index (χ4v) is 4.26. The number of sulfonamides is 1. The van der Waals surface area contributed by atoms with E-state index < -0.39 is 10.0 Å². The zero-order chi connectivity index (χ0) is 25.0. The summed E-state index contributed by atoms with van der Waals surface area (Å²) in [4.78, 5) is 16.7. The highest BCUT2D eigenvalue weighted by molar-refractivity contribution is 7.92. The molecule has 1 amide bonds. The largest absolute Gasteiger partial charge is 0.339 e. The summed E-state index contributed by atoms with van der Waals surface area (Å²) in [6.07, 6.45) is 0.299. The van der Waals surface area contributed by atoms with E-state index in [-0.39, 0.29) is 41.2 Å². The van der Waals surface area contributed by atoms with Crippen molar-refractivity contribution in [1.82, 2.24) is 10.1 Å². The summed E-state index contributed by atoms with van der Waals surface area (Å²) in [5.41, 5.74) is 2.85. The summed E-state index contributed by atoms with van der Waals surface area (Å²) in [5, 5.41) is 6.58. The number of rotatable bonds is 8. The van der Waals surface area contributed by atoms with Gasteiger partial charge in [-0.1, -0.05) is 35.0 Å². The first-order valence-corrected chi connectivity index (χ1v) is 12.3. The van der Waals surface area contributed by atoms with Crippen molar-refractivity contribution in [2.75, 3.05) is 10.0 Å². The second-order valence-electron chi connectivity index (χ2n) is 8.02. The van der Waals surface area contributed by atoms with Crippen molar-refractivity contribution in [3.63, 3.8) is 0 Å². The molecule has 3 aromatic carbocycles.